The zero-order valence-corrected chi connectivity index (χ0v) is 16.0. The summed E-state index contributed by atoms with van der Waals surface area (Å²) in [6, 6.07) is 18.4. The van der Waals surface area contributed by atoms with Crippen LogP contribution < -0.4 is 10.1 Å². The summed E-state index contributed by atoms with van der Waals surface area (Å²) in [6.45, 7) is 0.136. The number of anilines is 1. The molecule has 1 N–H and O–H groups in total. The van der Waals surface area contributed by atoms with Gasteiger partial charge in [-0.3, -0.25) is 0 Å². The van der Waals surface area contributed by atoms with Crippen LogP contribution in [0.5, 0.6) is 5.75 Å². The minimum absolute atomic E-state index is 0.00244. The van der Waals surface area contributed by atoms with Gasteiger partial charge in [0.25, 0.3) is 0 Å². The molecule has 1 heterocycles. The van der Waals surface area contributed by atoms with Crippen LogP contribution in [0, 0.1) is 0 Å². The Morgan fingerprint density at radius 3 is 2.81 bits per heavy atom. The SMILES string of the molecule is CS(=O)(=O)CCOc1cccc2nc(NC3CCc4ccccc43)ccc12. The Bertz CT molecular complexity index is 1080. The van der Waals surface area contributed by atoms with E-state index < -0.39 is 9.84 Å². The first-order valence-corrected chi connectivity index (χ1v) is 11.1. The summed E-state index contributed by atoms with van der Waals surface area (Å²) in [6.07, 6.45) is 3.35. The second-order valence-electron chi connectivity index (χ2n) is 6.93. The largest absolute Gasteiger partial charge is 0.492 e. The van der Waals surface area contributed by atoms with Crippen molar-refractivity contribution in [3.8, 4) is 5.75 Å². The van der Waals surface area contributed by atoms with E-state index in [0.717, 1.165) is 29.6 Å². The minimum atomic E-state index is -3.04. The van der Waals surface area contributed by atoms with E-state index in [9.17, 15) is 8.42 Å². The fraction of sp³-hybridized carbons (Fsp3) is 0.286. The molecule has 1 unspecified atom stereocenters. The van der Waals surface area contributed by atoms with Crippen molar-refractivity contribution in [1.29, 1.82) is 0 Å². The smallest absolute Gasteiger partial charge is 0.150 e. The molecule has 2 aromatic carbocycles. The van der Waals surface area contributed by atoms with Gasteiger partial charge in [-0.2, -0.15) is 0 Å². The van der Waals surface area contributed by atoms with Gasteiger partial charge >= 0.3 is 0 Å². The molecule has 0 saturated carbocycles. The highest BCUT2D eigenvalue weighted by Gasteiger charge is 2.22. The summed E-state index contributed by atoms with van der Waals surface area (Å²) in [7, 11) is -3.04. The maximum Gasteiger partial charge on any atom is 0.150 e. The summed E-state index contributed by atoms with van der Waals surface area (Å²) in [5.74, 6) is 1.48. The lowest BCUT2D eigenvalue weighted by atomic mass is 10.1. The number of nitrogens with zero attached hydrogens (tertiary/aromatic N) is 1. The predicted octanol–water partition coefficient (Wildman–Crippen LogP) is 3.76. The molecule has 140 valence electrons. The highest BCUT2D eigenvalue weighted by Crippen LogP contribution is 2.34. The summed E-state index contributed by atoms with van der Waals surface area (Å²) in [5, 5.41) is 4.42. The number of rotatable bonds is 6. The van der Waals surface area contributed by atoms with Gasteiger partial charge in [0.2, 0.25) is 0 Å². The van der Waals surface area contributed by atoms with Crippen molar-refractivity contribution in [1.82, 2.24) is 4.98 Å². The molecule has 4 rings (SSSR count). The van der Waals surface area contributed by atoms with E-state index in [1.165, 1.54) is 17.4 Å². The Hall–Kier alpha value is -2.60. The lowest BCUT2D eigenvalue weighted by Crippen LogP contribution is -2.12. The molecular formula is C21H22N2O3S. The van der Waals surface area contributed by atoms with Crippen LogP contribution in [0.3, 0.4) is 0 Å². The molecule has 27 heavy (non-hydrogen) atoms. The molecular weight excluding hydrogens is 360 g/mol. The van der Waals surface area contributed by atoms with Gasteiger partial charge in [0, 0.05) is 11.6 Å². The average molecular weight is 382 g/mol. The number of nitrogens with one attached hydrogen (secondary N) is 1. The standard InChI is InChI=1S/C21H22N2O3S/c1-27(24,25)14-13-26-20-8-4-7-18-17(20)10-12-21(22-18)23-19-11-9-15-5-2-3-6-16(15)19/h2-8,10,12,19H,9,11,13-14H2,1H3,(H,22,23). The summed E-state index contributed by atoms with van der Waals surface area (Å²) in [5.41, 5.74) is 3.57. The van der Waals surface area contributed by atoms with Crippen molar-refractivity contribution < 1.29 is 13.2 Å². The molecule has 0 saturated heterocycles. The summed E-state index contributed by atoms with van der Waals surface area (Å²) < 4.78 is 28.2. The van der Waals surface area contributed by atoms with E-state index in [1.54, 1.807) is 0 Å². The van der Waals surface area contributed by atoms with Crippen LogP contribution in [0.25, 0.3) is 10.9 Å². The molecule has 3 aromatic rings. The van der Waals surface area contributed by atoms with Crippen LogP contribution in [0.1, 0.15) is 23.6 Å². The van der Waals surface area contributed by atoms with E-state index in [2.05, 4.69) is 29.6 Å². The molecule has 1 aromatic heterocycles. The molecule has 1 atom stereocenters. The lowest BCUT2D eigenvalue weighted by molar-refractivity contribution is 0.345. The molecule has 0 amide bonds. The molecule has 0 aliphatic heterocycles. The van der Waals surface area contributed by atoms with Gasteiger partial charge in [-0.1, -0.05) is 30.3 Å². The third-order valence-corrected chi connectivity index (χ3v) is 5.77. The maximum absolute atomic E-state index is 11.3. The minimum Gasteiger partial charge on any atom is -0.492 e. The molecule has 0 spiro atoms. The number of sulfone groups is 1. The first kappa shape index (κ1) is 17.8. The third kappa shape index (κ3) is 4.06. The highest BCUT2D eigenvalue weighted by atomic mass is 32.2. The highest BCUT2D eigenvalue weighted by molar-refractivity contribution is 7.90. The zero-order valence-electron chi connectivity index (χ0n) is 15.2. The van der Waals surface area contributed by atoms with Gasteiger partial charge in [-0.25, -0.2) is 13.4 Å². The zero-order chi connectivity index (χ0) is 18.9. The molecule has 1 aliphatic carbocycles. The lowest BCUT2D eigenvalue weighted by Gasteiger charge is -2.16. The predicted molar refractivity (Wildman–Crippen MR) is 108 cm³/mol. The van der Waals surface area contributed by atoms with Crippen molar-refractivity contribution >= 4 is 26.6 Å². The normalized spacial score (nSPS) is 16.3. The van der Waals surface area contributed by atoms with Crippen LogP contribution in [-0.4, -0.2) is 32.0 Å². The fourth-order valence-electron chi connectivity index (χ4n) is 3.52. The van der Waals surface area contributed by atoms with Gasteiger partial charge in [-0.15, -0.1) is 0 Å². The van der Waals surface area contributed by atoms with Crippen molar-refractivity contribution in [3.05, 3.63) is 65.7 Å². The van der Waals surface area contributed by atoms with E-state index in [4.69, 9.17) is 9.72 Å². The number of fused-ring (bicyclic) bond motifs is 2. The number of benzene rings is 2. The molecule has 1 aliphatic rings. The van der Waals surface area contributed by atoms with E-state index in [0.29, 0.717) is 5.75 Å². The number of hydrogen-bond donors (Lipinski definition) is 1. The van der Waals surface area contributed by atoms with E-state index in [1.807, 2.05) is 30.3 Å². The quantitative estimate of drug-likeness (QED) is 0.703. The molecule has 5 nitrogen and oxygen atoms in total. The summed E-state index contributed by atoms with van der Waals surface area (Å²) in [4.78, 5) is 4.72. The van der Waals surface area contributed by atoms with Gasteiger partial charge in [0.15, 0.2) is 9.84 Å². The van der Waals surface area contributed by atoms with Crippen LogP contribution in [0.2, 0.25) is 0 Å². The van der Waals surface area contributed by atoms with Crippen LogP contribution in [-0.2, 0) is 16.3 Å². The van der Waals surface area contributed by atoms with Gasteiger partial charge in [0.05, 0.1) is 17.3 Å². The van der Waals surface area contributed by atoms with Crippen molar-refractivity contribution in [2.45, 2.75) is 18.9 Å². The topological polar surface area (TPSA) is 68.3 Å². The van der Waals surface area contributed by atoms with Crippen LogP contribution in [0.15, 0.2) is 54.6 Å². The van der Waals surface area contributed by atoms with Gasteiger partial charge in [-0.05, 0) is 48.2 Å². The van der Waals surface area contributed by atoms with Crippen molar-refractivity contribution in [3.63, 3.8) is 0 Å². The average Bonchev–Trinajstić information content (AvgIpc) is 3.04. The van der Waals surface area contributed by atoms with Gasteiger partial charge < -0.3 is 10.1 Å². The Labute approximate surface area is 159 Å². The Kier molecular flexibility index (Phi) is 4.74. The summed E-state index contributed by atoms with van der Waals surface area (Å²) >= 11 is 0. The van der Waals surface area contributed by atoms with Crippen molar-refractivity contribution in [2.75, 3.05) is 23.9 Å². The molecule has 0 radical (unpaired) electrons. The molecule has 6 heteroatoms. The third-order valence-electron chi connectivity index (χ3n) is 4.86. The second kappa shape index (κ2) is 7.19. The van der Waals surface area contributed by atoms with Gasteiger partial charge in [0.1, 0.15) is 18.2 Å². The Morgan fingerprint density at radius 2 is 1.96 bits per heavy atom. The number of hydrogen-bond acceptors (Lipinski definition) is 5. The first-order valence-electron chi connectivity index (χ1n) is 9.04. The van der Waals surface area contributed by atoms with Crippen molar-refractivity contribution in [2.24, 2.45) is 0 Å². The number of pyridine rings is 1. The Balaban J connectivity index is 1.53. The van der Waals surface area contributed by atoms with Crippen LogP contribution >= 0.6 is 0 Å². The second-order valence-corrected chi connectivity index (χ2v) is 9.19. The molecule has 0 fully saturated rings. The number of aryl methyl sites for hydroxylation is 1. The van der Waals surface area contributed by atoms with Crippen LogP contribution in [0.4, 0.5) is 5.82 Å². The van der Waals surface area contributed by atoms with E-state index in [-0.39, 0.29) is 18.4 Å². The number of ether oxygens (including phenoxy) is 1. The first-order chi connectivity index (χ1) is 13.0. The molecule has 0 bridgehead atoms. The Morgan fingerprint density at radius 1 is 1.11 bits per heavy atom. The number of aromatic nitrogens is 1. The monoisotopic (exact) mass is 382 g/mol. The maximum atomic E-state index is 11.3. The fourth-order valence-corrected chi connectivity index (χ4v) is 3.91. The van der Waals surface area contributed by atoms with E-state index >= 15 is 0 Å².